The smallest absolute Gasteiger partial charge is 0.397 e. The van der Waals surface area contributed by atoms with Gasteiger partial charge < -0.3 is 19.5 Å². The number of anilines is 2. The predicted molar refractivity (Wildman–Crippen MR) is 177 cm³/mol. The van der Waals surface area contributed by atoms with Gasteiger partial charge in [-0.2, -0.15) is 13.2 Å². The molecule has 1 aromatic carbocycles. The highest BCUT2D eigenvalue weighted by Gasteiger charge is 2.48. The molecule has 4 heterocycles. The molecule has 250 valence electrons. The molecular formula is C33H37F3N6O3S2. The molecule has 47 heavy (non-hydrogen) atoms. The van der Waals surface area contributed by atoms with E-state index in [0.29, 0.717) is 28.8 Å². The number of carboxylic acids is 1. The average molecular weight is 687 g/mol. The van der Waals surface area contributed by atoms with Crippen molar-refractivity contribution in [3.63, 3.8) is 0 Å². The van der Waals surface area contributed by atoms with Crippen LogP contribution in [-0.4, -0.2) is 56.7 Å². The summed E-state index contributed by atoms with van der Waals surface area (Å²) < 4.78 is 50.7. The number of pyridine rings is 1. The summed E-state index contributed by atoms with van der Waals surface area (Å²) >= 11 is 2.70. The average Bonchev–Trinajstić information content (AvgIpc) is 3.44. The summed E-state index contributed by atoms with van der Waals surface area (Å²) in [7, 11) is 0. The molecule has 2 atom stereocenters. The molecule has 3 aromatic heterocycles. The Balaban J connectivity index is 1.28. The maximum atomic E-state index is 13.4. The molecule has 1 fully saturated rings. The van der Waals surface area contributed by atoms with E-state index in [-0.39, 0.29) is 17.7 Å². The van der Waals surface area contributed by atoms with Crippen LogP contribution >= 0.6 is 23.3 Å². The van der Waals surface area contributed by atoms with Crippen molar-refractivity contribution in [3.8, 4) is 22.1 Å². The van der Waals surface area contributed by atoms with Gasteiger partial charge in [-0.3, -0.25) is 4.79 Å². The van der Waals surface area contributed by atoms with E-state index in [4.69, 9.17) is 14.7 Å². The van der Waals surface area contributed by atoms with Crippen LogP contribution in [0.5, 0.6) is 5.88 Å². The summed E-state index contributed by atoms with van der Waals surface area (Å²) in [4.78, 5) is 23.6. The van der Waals surface area contributed by atoms with Crippen LogP contribution in [0.2, 0.25) is 0 Å². The normalized spacial score (nSPS) is 19.0. The Kier molecular flexibility index (Phi) is 9.70. The number of ether oxygens (including phenoxy) is 1. The van der Waals surface area contributed by atoms with Crippen LogP contribution in [0.3, 0.4) is 0 Å². The topological polar surface area (TPSA) is 105 Å². The predicted octanol–water partition coefficient (Wildman–Crippen LogP) is 8.12. The van der Waals surface area contributed by atoms with Crippen molar-refractivity contribution in [2.24, 2.45) is 17.3 Å². The number of nitrogens with one attached hydrogen (secondary N) is 1. The molecule has 4 aromatic rings. The van der Waals surface area contributed by atoms with Crippen LogP contribution in [-0.2, 0) is 11.2 Å². The van der Waals surface area contributed by atoms with E-state index in [0.717, 1.165) is 74.5 Å². The molecular weight excluding hydrogens is 650 g/mol. The number of hydrogen-bond donors (Lipinski definition) is 2. The summed E-state index contributed by atoms with van der Waals surface area (Å²) in [5, 5.41) is 16.0. The van der Waals surface area contributed by atoms with Gasteiger partial charge in [-0.15, -0.1) is 5.10 Å². The van der Waals surface area contributed by atoms with Gasteiger partial charge in [0.2, 0.25) is 5.88 Å². The number of benzene rings is 1. The molecule has 2 unspecified atom stereocenters. The van der Waals surface area contributed by atoms with Crippen LogP contribution < -0.4 is 14.4 Å². The first-order valence-corrected chi connectivity index (χ1v) is 17.3. The quantitative estimate of drug-likeness (QED) is 0.187. The second-order valence-corrected chi connectivity index (χ2v) is 14.5. The van der Waals surface area contributed by atoms with Gasteiger partial charge in [-0.1, -0.05) is 54.5 Å². The molecule has 1 aliphatic heterocycles. The molecule has 2 N–H and O–H groups in total. The molecule has 0 spiro atoms. The number of thiazole rings is 1. The van der Waals surface area contributed by atoms with Gasteiger partial charge in [-0.25, -0.2) is 14.6 Å². The van der Waals surface area contributed by atoms with E-state index >= 15 is 0 Å². The van der Waals surface area contributed by atoms with Gasteiger partial charge in [-0.05, 0) is 63.1 Å². The highest BCUT2D eigenvalue weighted by atomic mass is 32.2. The first-order chi connectivity index (χ1) is 22.5. The van der Waals surface area contributed by atoms with Gasteiger partial charge in [0.15, 0.2) is 5.13 Å². The summed E-state index contributed by atoms with van der Waals surface area (Å²) in [5.74, 6) is 0.0398. The van der Waals surface area contributed by atoms with Crippen molar-refractivity contribution in [2.45, 2.75) is 63.6 Å². The SMILES string of the molecule is CC(C)(COc1ccn(-c2sc3nc2-c2ccccc2CCCCCCN(CC2CC2C(=O)O)c2cccc(n2)SN3)n1)C(F)(F)F. The van der Waals surface area contributed by atoms with Gasteiger partial charge in [0, 0.05) is 42.9 Å². The zero-order valence-corrected chi connectivity index (χ0v) is 27.8. The van der Waals surface area contributed by atoms with Gasteiger partial charge >= 0.3 is 12.1 Å². The lowest BCUT2D eigenvalue weighted by molar-refractivity contribution is -0.219. The summed E-state index contributed by atoms with van der Waals surface area (Å²) in [5.41, 5.74) is 0.817. The minimum atomic E-state index is -4.41. The van der Waals surface area contributed by atoms with E-state index in [2.05, 4.69) is 20.8 Å². The van der Waals surface area contributed by atoms with Crippen molar-refractivity contribution in [2.75, 3.05) is 29.3 Å². The largest absolute Gasteiger partial charge is 0.481 e. The van der Waals surface area contributed by atoms with E-state index in [1.807, 2.05) is 36.4 Å². The zero-order valence-electron chi connectivity index (χ0n) is 26.2. The lowest BCUT2D eigenvalue weighted by Crippen LogP contribution is -2.37. The molecule has 9 nitrogen and oxygen atoms in total. The first kappa shape index (κ1) is 33.1. The number of nitrogens with zero attached hydrogens (tertiary/aromatic N) is 5. The van der Waals surface area contributed by atoms with Crippen LogP contribution in [0.1, 0.15) is 51.5 Å². The zero-order chi connectivity index (χ0) is 33.2. The Morgan fingerprint density at radius 2 is 1.87 bits per heavy atom. The molecule has 0 radical (unpaired) electrons. The number of aliphatic carboxylic acids is 1. The van der Waals surface area contributed by atoms with E-state index in [1.165, 1.54) is 23.3 Å². The third-order valence-electron chi connectivity index (χ3n) is 8.60. The Hall–Kier alpha value is -3.78. The first-order valence-electron chi connectivity index (χ1n) is 15.7. The summed E-state index contributed by atoms with van der Waals surface area (Å²) in [6, 6.07) is 15.5. The van der Waals surface area contributed by atoms with Crippen molar-refractivity contribution in [1.82, 2.24) is 19.7 Å². The Morgan fingerprint density at radius 3 is 2.66 bits per heavy atom. The molecule has 1 saturated carbocycles. The summed E-state index contributed by atoms with van der Waals surface area (Å²) in [6.45, 7) is 3.13. The Morgan fingerprint density at radius 1 is 1.06 bits per heavy atom. The van der Waals surface area contributed by atoms with Gasteiger partial charge in [0.25, 0.3) is 0 Å². The second-order valence-electron chi connectivity index (χ2n) is 12.7. The van der Waals surface area contributed by atoms with Crippen molar-refractivity contribution in [1.29, 1.82) is 0 Å². The van der Waals surface area contributed by atoms with Gasteiger partial charge in [0.05, 0.1) is 11.3 Å². The third kappa shape index (κ3) is 7.86. The highest BCUT2D eigenvalue weighted by Crippen LogP contribution is 2.41. The molecule has 1 aliphatic carbocycles. The maximum Gasteiger partial charge on any atom is 0.397 e. The fraction of sp³-hybridized carbons (Fsp3) is 0.455. The fourth-order valence-electron chi connectivity index (χ4n) is 5.53. The molecule has 2 aliphatic rings. The van der Waals surface area contributed by atoms with Crippen LogP contribution in [0.4, 0.5) is 24.1 Å². The van der Waals surface area contributed by atoms with E-state index in [1.54, 1.807) is 16.9 Å². The Bertz CT molecular complexity index is 1710. The number of hydrogen-bond acceptors (Lipinski definition) is 9. The number of alkyl halides is 3. The number of fused-ring (bicyclic) bond motifs is 6. The number of carboxylic acid groups (broad SMARTS) is 1. The second kappa shape index (κ2) is 13.8. The minimum Gasteiger partial charge on any atom is -0.481 e. The maximum absolute atomic E-state index is 13.4. The Labute approximate surface area is 279 Å². The van der Waals surface area contributed by atoms with Crippen LogP contribution in [0.15, 0.2) is 59.8 Å². The lowest BCUT2D eigenvalue weighted by atomic mass is 9.94. The number of carbonyl (C=O) groups is 1. The standard InChI is InChI=1S/C33H37F3N6O3S2/c1-32(2,33(34,35)36)20-45-26-15-17-42(39-26)29-28-23-12-7-6-11-21(23)10-5-3-4-8-16-41(19-22-18-24(22)30(43)44)25-13-9-14-27(37-25)47-40-31(38-28)46-29/h6-7,9,11-15,17,22,24H,3-5,8,10,16,18-20H2,1-2H3,(H,38,40)(H,43,44). The monoisotopic (exact) mass is 686 g/mol. The van der Waals surface area contributed by atoms with E-state index < -0.39 is 24.2 Å². The van der Waals surface area contributed by atoms with Crippen molar-refractivity contribution >= 4 is 40.2 Å². The molecule has 4 bridgehead atoms. The molecule has 14 heteroatoms. The summed E-state index contributed by atoms with van der Waals surface area (Å²) in [6.07, 6.45) is 2.87. The molecule has 0 amide bonds. The number of aryl methyl sites for hydroxylation is 1. The van der Waals surface area contributed by atoms with Crippen LogP contribution in [0, 0.1) is 17.3 Å². The molecule has 0 saturated heterocycles. The van der Waals surface area contributed by atoms with E-state index in [9.17, 15) is 23.1 Å². The van der Waals surface area contributed by atoms with Crippen LogP contribution in [0.25, 0.3) is 16.3 Å². The molecule has 6 rings (SSSR count). The third-order valence-corrected chi connectivity index (χ3v) is 10.4. The highest BCUT2D eigenvalue weighted by molar-refractivity contribution is 8.00. The number of rotatable bonds is 7. The van der Waals surface area contributed by atoms with Crippen molar-refractivity contribution in [3.05, 3.63) is 60.3 Å². The van der Waals surface area contributed by atoms with Gasteiger partial charge in [0.1, 0.15) is 28.1 Å². The van der Waals surface area contributed by atoms with Crippen molar-refractivity contribution < 1.29 is 27.8 Å². The number of aromatic nitrogens is 4. The minimum absolute atomic E-state index is 0.0970. The lowest BCUT2D eigenvalue weighted by Gasteiger charge is -2.26. The number of halogens is 3. The fourth-order valence-corrected chi connectivity index (χ4v) is 7.11.